The van der Waals surface area contributed by atoms with Crippen molar-refractivity contribution in [2.24, 2.45) is 0 Å². The molecule has 2 aromatic heterocycles. The van der Waals surface area contributed by atoms with E-state index in [-0.39, 0.29) is 10.8 Å². The fraction of sp³-hybridized carbons (Fsp3) is 0.312. The highest BCUT2D eigenvalue weighted by atomic mass is 32.2. The lowest BCUT2D eigenvalue weighted by atomic mass is 10.0. The van der Waals surface area contributed by atoms with Crippen LogP contribution in [0.2, 0.25) is 0 Å². The molecule has 0 saturated carbocycles. The van der Waals surface area contributed by atoms with Gasteiger partial charge in [0.2, 0.25) is 21.7 Å². The van der Waals surface area contributed by atoms with Crippen molar-refractivity contribution in [2.75, 3.05) is 19.7 Å². The lowest BCUT2D eigenvalue weighted by Gasteiger charge is -2.36. The molecule has 136 valence electrons. The van der Waals surface area contributed by atoms with Crippen LogP contribution in [0.3, 0.4) is 0 Å². The summed E-state index contributed by atoms with van der Waals surface area (Å²) in [5.74, 6) is 1.10. The number of aromatic nitrogens is 3. The second kappa shape index (κ2) is 6.78. The van der Waals surface area contributed by atoms with Gasteiger partial charge in [0, 0.05) is 24.7 Å². The highest BCUT2D eigenvalue weighted by Gasteiger charge is 2.41. The minimum atomic E-state index is -3.62. The average molecular weight is 392 g/mol. The zero-order valence-corrected chi connectivity index (χ0v) is 15.5. The normalized spacial score (nSPS) is 15.7. The molecule has 3 heterocycles. The Bertz CT molecular complexity index is 995. The maximum absolute atomic E-state index is 12.8. The van der Waals surface area contributed by atoms with Crippen LogP contribution in [-0.2, 0) is 10.0 Å². The molecular weight excluding hydrogens is 376 g/mol. The van der Waals surface area contributed by atoms with E-state index >= 15 is 0 Å². The first-order chi connectivity index (χ1) is 12.6. The van der Waals surface area contributed by atoms with E-state index in [0.29, 0.717) is 42.2 Å². The molecule has 4 rings (SSSR count). The summed E-state index contributed by atoms with van der Waals surface area (Å²) in [5.41, 5.74) is 0. The molecule has 0 aliphatic carbocycles. The number of ether oxygens (including phenoxy) is 1. The number of benzene rings is 1. The van der Waals surface area contributed by atoms with Gasteiger partial charge in [-0.2, -0.15) is 9.29 Å². The summed E-state index contributed by atoms with van der Waals surface area (Å²) in [4.78, 5) is 8.65. The van der Waals surface area contributed by atoms with Crippen LogP contribution in [0.15, 0.2) is 45.3 Å². The predicted molar refractivity (Wildman–Crippen MR) is 94.5 cm³/mol. The smallest absolute Gasteiger partial charge is 0.246 e. The number of sulfonamides is 1. The zero-order chi connectivity index (χ0) is 18.1. The Kier molecular flexibility index (Phi) is 4.47. The van der Waals surface area contributed by atoms with Gasteiger partial charge in [-0.15, -0.1) is 11.3 Å². The second-order valence-corrected chi connectivity index (χ2v) is 8.49. The van der Waals surface area contributed by atoms with E-state index in [9.17, 15) is 8.42 Å². The molecule has 10 heteroatoms. The Labute approximate surface area is 154 Å². The quantitative estimate of drug-likeness (QED) is 0.635. The summed E-state index contributed by atoms with van der Waals surface area (Å²) in [6.45, 7) is 2.81. The third-order valence-corrected chi connectivity index (χ3v) is 6.67. The maximum Gasteiger partial charge on any atom is 0.246 e. The molecule has 0 bridgehead atoms. The molecule has 1 saturated heterocycles. The molecule has 1 fully saturated rings. The van der Waals surface area contributed by atoms with Gasteiger partial charge in [-0.05, 0) is 19.1 Å². The summed E-state index contributed by atoms with van der Waals surface area (Å²) < 4.78 is 37.8. The van der Waals surface area contributed by atoms with E-state index in [4.69, 9.17) is 9.26 Å². The fourth-order valence-corrected chi connectivity index (χ4v) is 4.91. The molecule has 0 atom stereocenters. The topological polar surface area (TPSA) is 98.4 Å². The first kappa shape index (κ1) is 17.1. The first-order valence-corrected chi connectivity index (χ1v) is 10.4. The molecule has 0 amide bonds. The van der Waals surface area contributed by atoms with E-state index in [1.165, 1.54) is 15.6 Å². The third kappa shape index (κ3) is 3.00. The number of thiazole rings is 1. The minimum Gasteiger partial charge on any atom is -0.492 e. The number of para-hydroxylation sites is 1. The maximum atomic E-state index is 12.8. The molecule has 26 heavy (non-hydrogen) atoms. The van der Waals surface area contributed by atoms with Gasteiger partial charge in [0.1, 0.15) is 10.6 Å². The van der Waals surface area contributed by atoms with Gasteiger partial charge >= 0.3 is 0 Å². The third-order valence-electron chi connectivity index (χ3n) is 4.03. The molecule has 0 radical (unpaired) electrons. The minimum absolute atomic E-state index is 0.120. The highest BCUT2D eigenvalue weighted by Crippen LogP contribution is 2.35. The Morgan fingerprint density at radius 1 is 1.35 bits per heavy atom. The average Bonchev–Trinajstić information content (AvgIpc) is 3.25. The van der Waals surface area contributed by atoms with Crippen LogP contribution in [-0.4, -0.2) is 47.5 Å². The molecule has 8 nitrogen and oxygen atoms in total. The second-order valence-electron chi connectivity index (χ2n) is 5.69. The largest absolute Gasteiger partial charge is 0.492 e. The molecule has 0 N–H and O–H groups in total. The van der Waals surface area contributed by atoms with E-state index in [0.717, 1.165) is 0 Å². The van der Waals surface area contributed by atoms with Gasteiger partial charge in [0.15, 0.2) is 5.01 Å². The first-order valence-electron chi connectivity index (χ1n) is 8.05. The lowest BCUT2D eigenvalue weighted by Crippen LogP contribution is -2.48. The van der Waals surface area contributed by atoms with Crippen LogP contribution in [0.25, 0.3) is 10.8 Å². The van der Waals surface area contributed by atoms with E-state index in [1.54, 1.807) is 30.5 Å². The van der Waals surface area contributed by atoms with Crippen molar-refractivity contribution in [1.29, 1.82) is 0 Å². The van der Waals surface area contributed by atoms with Crippen molar-refractivity contribution in [3.05, 3.63) is 41.7 Å². The number of hydrogen-bond acceptors (Lipinski definition) is 8. The molecule has 1 aliphatic heterocycles. The molecule has 3 aromatic rings. The Morgan fingerprint density at radius 3 is 2.88 bits per heavy atom. The molecule has 1 aromatic carbocycles. The van der Waals surface area contributed by atoms with E-state index < -0.39 is 10.0 Å². The fourth-order valence-electron chi connectivity index (χ4n) is 2.69. The summed E-state index contributed by atoms with van der Waals surface area (Å²) in [7, 11) is -3.62. The lowest BCUT2D eigenvalue weighted by molar-refractivity contribution is 0.216. The van der Waals surface area contributed by atoms with Crippen molar-refractivity contribution < 1.29 is 17.7 Å². The number of nitrogens with zero attached hydrogens (tertiary/aromatic N) is 4. The number of rotatable bonds is 6. The molecule has 0 spiro atoms. The van der Waals surface area contributed by atoms with Crippen LogP contribution in [0.1, 0.15) is 18.7 Å². The van der Waals surface area contributed by atoms with Gasteiger partial charge < -0.3 is 9.26 Å². The zero-order valence-electron chi connectivity index (χ0n) is 13.9. The van der Waals surface area contributed by atoms with Crippen LogP contribution in [0.5, 0.6) is 5.75 Å². The van der Waals surface area contributed by atoms with Gasteiger partial charge in [0.25, 0.3) is 0 Å². The van der Waals surface area contributed by atoms with E-state index in [1.807, 2.05) is 12.3 Å². The van der Waals surface area contributed by atoms with Crippen molar-refractivity contribution in [3.8, 4) is 16.6 Å². The van der Waals surface area contributed by atoms with Gasteiger partial charge in [-0.25, -0.2) is 13.4 Å². The summed E-state index contributed by atoms with van der Waals surface area (Å²) in [6.07, 6.45) is 1.67. The van der Waals surface area contributed by atoms with Crippen LogP contribution >= 0.6 is 11.3 Å². The SMILES string of the molecule is CCOc1ccccc1S(=O)(=O)N1CC(c2nc(-c3nccs3)no2)C1. The summed E-state index contributed by atoms with van der Waals surface area (Å²) in [5, 5.41) is 6.43. The van der Waals surface area contributed by atoms with Crippen molar-refractivity contribution in [1.82, 2.24) is 19.4 Å². The summed E-state index contributed by atoms with van der Waals surface area (Å²) in [6, 6.07) is 6.65. The van der Waals surface area contributed by atoms with Crippen molar-refractivity contribution in [2.45, 2.75) is 17.7 Å². The monoisotopic (exact) mass is 392 g/mol. The molecule has 1 aliphatic rings. The van der Waals surface area contributed by atoms with E-state index in [2.05, 4.69) is 15.1 Å². The van der Waals surface area contributed by atoms with Crippen molar-refractivity contribution in [3.63, 3.8) is 0 Å². The highest BCUT2D eigenvalue weighted by molar-refractivity contribution is 7.89. The standard InChI is InChI=1S/C16H16N4O4S2/c1-2-23-12-5-3-4-6-13(12)26(21,22)20-9-11(10-20)15-18-14(19-24-15)16-17-7-8-25-16/h3-8,11H,2,9-10H2,1H3. The number of hydrogen-bond donors (Lipinski definition) is 0. The van der Waals surface area contributed by atoms with Gasteiger partial charge in [-0.1, -0.05) is 17.3 Å². The van der Waals surface area contributed by atoms with Crippen LogP contribution in [0.4, 0.5) is 0 Å². The van der Waals surface area contributed by atoms with Crippen LogP contribution in [0, 0.1) is 0 Å². The summed E-state index contributed by atoms with van der Waals surface area (Å²) >= 11 is 1.42. The van der Waals surface area contributed by atoms with Crippen LogP contribution < -0.4 is 4.74 Å². The predicted octanol–water partition coefficient (Wildman–Crippen LogP) is 2.38. The Morgan fingerprint density at radius 2 is 2.15 bits per heavy atom. The van der Waals surface area contributed by atoms with Gasteiger partial charge in [-0.3, -0.25) is 0 Å². The Balaban J connectivity index is 1.49. The molecular formula is C16H16N4O4S2. The Hall–Kier alpha value is -2.30. The van der Waals surface area contributed by atoms with Crippen molar-refractivity contribution >= 4 is 21.4 Å². The van der Waals surface area contributed by atoms with Gasteiger partial charge in [0.05, 0.1) is 12.5 Å². The molecule has 0 unspecified atom stereocenters.